The summed E-state index contributed by atoms with van der Waals surface area (Å²) < 4.78 is 10.4. The Balaban J connectivity index is 1.81. The average molecular weight is 382 g/mol. The summed E-state index contributed by atoms with van der Waals surface area (Å²) in [6.45, 7) is 3.04. The lowest BCUT2D eigenvalue weighted by molar-refractivity contribution is -0.149. The van der Waals surface area contributed by atoms with Crippen LogP contribution in [0, 0.1) is 13.8 Å². The minimum atomic E-state index is -0.644. The number of benzene rings is 2. The minimum Gasteiger partial charge on any atom is -0.481 e. The van der Waals surface area contributed by atoms with E-state index in [-0.39, 0.29) is 6.61 Å². The molecule has 7 heteroatoms. The number of para-hydroxylation sites is 1. The van der Waals surface area contributed by atoms with E-state index in [2.05, 4.69) is 5.32 Å². The van der Waals surface area contributed by atoms with Gasteiger partial charge in [-0.15, -0.1) is 0 Å². The van der Waals surface area contributed by atoms with E-state index in [1.165, 1.54) is 6.07 Å². The Labute approximate surface area is 155 Å². The predicted molar refractivity (Wildman–Crippen MR) is 97.5 cm³/mol. The number of ether oxygens (including phenoxy) is 2. The standard InChI is InChI=1S/C18H17Cl2NO4/c1-11-4-3-5-12(2)18(11)25-10-17(23)24-9-16(22)21-15-8-13(19)6-7-14(15)20/h3-8H,9-10H2,1-2H3,(H,21,22). The van der Waals surface area contributed by atoms with Gasteiger partial charge in [0.05, 0.1) is 10.7 Å². The van der Waals surface area contributed by atoms with E-state index in [4.69, 9.17) is 32.7 Å². The van der Waals surface area contributed by atoms with Crippen LogP contribution in [0.5, 0.6) is 5.75 Å². The van der Waals surface area contributed by atoms with Crippen LogP contribution in [0.15, 0.2) is 36.4 Å². The quantitative estimate of drug-likeness (QED) is 0.762. The number of nitrogens with one attached hydrogen (secondary N) is 1. The van der Waals surface area contributed by atoms with Gasteiger partial charge < -0.3 is 14.8 Å². The molecule has 0 heterocycles. The maximum absolute atomic E-state index is 11.8. The van der Waals surface area contributed by atoms with Gasteiger partial charge in [0.15, 0.2) is 13.2 Å². The molecule has 2 aromatic carbocycles. The predicted octanol–water partition coefficient (Wildman–Crippen LogP) is 4.17. The molecule has 1 N–H and O–H groups in total. The van der Waals surface area contributed by atoms with Crippen molar-refractivity contribution in [3.05, 3.63) is 57.6 Å². The van der Waals surface area contributed by atoms with Crippen LogP contribution in [0.1, 0.15) is 11.1 Å². The number of amides is 1. The summed E-state index contributed by atoms with van der Waals surface area (Å²) >= 11 is 11.8. The normalized spacial score (nSPS) is 10.2. The molecule has 0 spiro atoms. The molecule has 1 amide bonds. The number of hydrogen-bond donors (Lipinski definition) is 1. The molecule has 25 heavy (non-hydrogen) atoms. The topological polar surface area (TPSA) is 64.6 Å². The molecule has 2 aromatic rings. The van der Waals surface area contributed by atoms with E-state index >= 15 is 0 Å². The van der Waals surface area contributed by atoms with Gasteiger partial charge in [0.1, 0.15) is 5.75 Å². The second kappa shape index (κ2) is 8.74. The van der Waals surface area contributed by atoms with Crippen LogP contribution < -0.4 is 10.1 Å². The molecule has 2 rings (SSSR count). The fraction of sp³-hybridized carbons (Fsp3) is 0.222. The van der Waals surface area contributed by atoms with Crippen molar-refractivity contribution < 1.29 is 19.1 Å². The molecule has 0 atom stereocenters. The maximum Gasteiger partial charge on any atom is 0.344 e. The van der Waals surface area contributed by atoms with Crippen molar-refractivity contribution in [3.8, 4) is 5.75 Å². The van der Waals surface area contributed by atoms with Gasteiger partial charge in [0.2, 0.25) is 0 Å². The van der Waals surface area contributed by atoms with Crippen LogP contribution in [0.2, 0.25) is 10.0 Å². The van der Waals surface area contributed by atoms with Crippen molar-refractivity contribution in [1.29, 1.82) is 0 Å². The van der Waals surface area contributed by atoms with Crippen molar-refractivity contribution in [3.63, 3.8) is 0 Å². The SMILES string of the molecule is Cc1cccc(C)c1OCC(=O)OCC(=O)Nc1cc(Cl)ccc1Cl. The van der Waals surface area contributed by atoms with Gasteiger partial charge in [0.25, 0.3) is 5.91 Å². The lowest BCUT2D eigenvalue weighted by Crippen LogP contribution is -2.24. The molecule has 0 aliphatic carbocycles. The summed E-state index contributed by atoms with van der Waals surface area (Å²) in [5.41, 5.74) is 2.18. The second-order valence-corrected chi connectivity index (χ2v) is 6.19. The first-order valence-electron chi connectivity index (χ1n) is 7.46. The monoisotopic (exact) mass is 381 g/mol. The van der Waals surface area contributed by atoms with Gasteiger partial charge in [-0.1, -0.05) is 41.4 Å². The molecule has 0 bridgehead atoms. The number of hydrogen-bond acceptors (Lipinski definition) is 4. The van der Waals surface area contributed by atoms with E-state index in [0.717, 1.165) is 11.1 Å². The third-order valence-corrected chi connectivity index (χ3v) is 3.87. The minimum absolute atomic E-state index is 0.281. The zero-order valence-corrected chi connectivity index (χ0v) is 15.3. The van der Waals surface area contributed by atoms with E-state index in [0.29, 0.717) is 21.5 Å². The first-order chi connectivity index (χ1) is 11.9. The number of carbonyl (C=O) groups is 2. The van der Waals surface area contributed by atoms with Crippen molar-refractivity contribution in [1.82, 2.24) is 0 Å². The zero-order valence-electron chi connectivity index (χ0n) is 13.8. The number of carbonyl (C=O) groups excluding carboxylic acids is 2. The highest BCUT2D eigenvalue weighted by Crippen LogP contribution is 2.25. The molecule has 0 aliphatic heterocycles. The Hall–Kier alpha value is -2.24. The van der Waals surface area contributed by atoms with Gasteiger partial charge in [-0.05, 0) is 43.2 Å². The van der Waals surface area contributed by atoms with Gasteiger partial charge in [-0.25, -0.2) is 4.79 Å². The van der Waals surface area contributed by atoms with E-state index < -0.39 is 18.5 Å². The molecule has 0 aromatic heterocycles. The Kier molecular flexibility index (Phi) is 6.67. The van der Waals surface area contributed by atoms with Gasteiger partial charge in [0, 0.05) is 5.02 Å². The molecule has 0 fully saturated rings. The van der Waals surface area contributed by atoms with Crippen molar-refractivity contribution in [2.24, 2.45) is 0 Å². The molecule has 0 radical (unpaired) electrons. The van der Waals surface area contributed by atoms with Crippen molar-refractivity contribution >= 4 is 40.8 Å². The second-order valence-electron chi connectivity index (χ2n) is 5.34. The van der Waals surface area contributed by atoms with Crippen molar-refractivity contribution in [2.75, 3.05) is 18.5 Å². The highest BCUT2D eigenvalue weighted by Gasteiger charge is 2.12. The summed E-state index contributed by atoms with van der Waals surface area (Å²) in [5.74, 6) is -0.533. The van der Waals surface area contributed by atoms with Crippen LogP contribution in [-0.4, -0.2) is 25.1 Å². The summed E-state index contributed by atoms with van der Waals surface area (Å²) in [6.07, 6.45) is 0. The zero-order chi connectivity index (χ0) is 18.4. The molecule has 0 saturated heterocycles. The van der Waals surface area contributed by atoms with Gasteiger partial charge >= 0.3 is 5.97 Å². The summed E-state index contributed by atoms with van der Waals surface area (Å²) in [4.78, 5) is 23.6. The summed E-state index contributed by atoms with van der Waals surface area (Å²) in [5, 5.41) is 3.29. The number of rotatable bonds is 6. The molecule has 0 saturated carbocycles. The van der Waals surface area contributed by atoms with Crippen LogP contribution in [0.4, 0.5) is 5.69 Å². The molecule has 0 aliphatic rings. The lowest BCUT2D eigenvalue weighted by Gasteiger charge is -2.12. The maximum atomic E-state index is 11.8. The fourth-order valence-corrected chi connectivity index (χ4v) is 2.46. The third kappa shape index (κ3) is 5.66. The molecular weight excluding hydrogens is 365 g/mol. The van der Waals surface area contributed by atoms with Gasteiger partial charge in [-0.2, -0.15) is 0 Å². The Morgan fingerprint density at radius 1 is 1.04 bits per heavy atom. The summed E-state index contributed by atoms with van der Waals surface area (Å²) in [6, 6.07) is 10.3. The van der Waals surface area contributed by atoms with Crippen molar-refractivity contribution in [2.45, 2.75) is 13.8 Å². The average Bonchev–Trinajstić information content (AvgIpc) is 2.56. The first-order valence-corrected chi connectivity index (χ1v) is 8.22. The molecule has 132 valence electrons. The third-order valence-electron chi connectivity index (χ3n) is 3.31. The van der Waals surface area contributed by atoms with Crippen LogP contribution in [-0.2, 0) is 14.3 Å². The number of aryl methyl sites for hydroxylation is 2. The largest absolute Gasteiger partial charge is 0.481 e. The molecule has 0 unspecified atom stereocenters. The fourth-order valence-electron chi connectivity index (χ4n) is 2.13. The van der Waals surface area contributed by atoms with Gasteiger partial charge in [-0.3, -0.25) is 4.79 Å². The Morgan fingerprint density at radius 3 is 2.40 bits per heavy atom. The van der Waals surface area contributed by atoms with E-state index in [1.807, 2.05) is 32.0 Å². The Bertz CT molecular complexity index is 772. The van der Waals surface area contributed by atoms with E-state index in [9.17, 15) is 9.59 Å². The summed E-state index contributed by atoms with van der Waals surface area (Å²) in [7, 11) is 0. The van der Waals surface area contributed by atoms with Crippen LogP contribution in [0.25, 0.3) is 0 Å². The number of esters is 1. The molecular formula is C18H17Cl2NO4. The smallest absolute Gasteiger partial charge is 0.344 e. The van der Waals surface area contributed by atoms with Crippen LogP contribution in [0.3, 0.4) is 0 Å². The first kappa shape index (κ1) is 19.1. The Morgan fingerprint density at radius 2 is 1.72 bits per heavy atom. The molecule has 5 nitrogen and oxygen atoms in total. The van der Waals surface area contributed by atoms with E-state index in [1.54, 1.807) is 12.1 Å². The highest BCUT2D eigenvalue weighted by molar-refractivity contribution is 6.35. The lowest BCUT2D eigenvalue weighted by atomic mass is 10.1. The number of anilines is 1. The number of halogens is 2. The van der Waals surface area contributed by atoms with Crippen LogP contribution >= 0.6 is 23.2 Å². The highest BCUT2D eigenvalue weighted by atomic mass is 35.5.